The predicted molar refractivity (Wildman–Crippen MR) is 129 cm³/mol. The Morgan fingerprint density at radius 3 is 2.59 bits per heavy atom. The number of rotatable bonds is 4. The van der Waals surface area contributed by atoms with E-state index in [9.17, 15) is 9.59 Å². The lowest BCUT2D eigenvalue weighted by molar-refractivity contribution is -0.134. The molecule has 1 spiro atoms. The number of urea groups is 1. The first-order valence-corrected chi connectivity index (χ1v) is 12.3. The molecule has 182 valence electrons. The summed E-state index contributed by atoms with van der Waals surface area (Å²) in [4.78, 5) is 36.9. The second kappa shape index (κ2) is 8.64. The second-order valence-corrected chi connectivity index (χ2v) is 9.64. The highest BCUT2D eigenvalue weighted by atomic mass is 16.5. The number of benzene rings is 1. The Labute approximate surface area is 201 Å². The number of hydrogen-bond acceptors (Lipinski definition) is 5. The smallest absolute Gasteiger partial charge is 0.325 e. The molecule has 4 aliphatic rings. The van der Waals surface area contributed by atoms with Crippen LogP contribution in [0.25, 0.3) is 0 Å². The molecule has 2 fully saturated rings. The molecule has 1 aromatic rings. The van der Waals surface area contributed by atoms with Crippen molar-refractivity contribution in [2.75, 3.05) is 33.9 Å². The van der Waals surface area contributed by atoms with Crippen LogP contribution in [0, 0.1) is 0 Å². The third kappa shape index (κ3) is 3.37. The van der Waals surface area contributed by atoms with Gasteiger partial charge in [0.15, 0.2) is 0 Å². The van der Waals surface area contributed by atoms with E-state index >= 15 is 0 Å². The topological polar surface area (TPSA) is 74.7 Å². The van der Waals surface area contributed by atoms with Crippen LogP contribution in [0.4, 0.5) is 4.79 Å². The van der Waals surface area contributed by atoms with Gasteiger partial charge in [0, 0.05) is 42.9 Å². The Kier molecular flexibility index (Phi) is 5.78. The van der Waals surface area contributed by atoms with E-state index in [0.717, 1.165) is 54.0 Å². The molecule has 0 aromatic heterocycles. The van der Waals surface area contributed by atoms with Crippen molar-refractivity contribution >= 4 is 18.2 Å². The minimum absolute atomic E-state index is 0.0377. The van der Waals surface area contributed by atoms with E-state index in [1.165, 1.54) is 0 Å². The maximum atomic E-state index is 13.7. The summed E-state index contributed by atoms with van der Waals surface area (Å²) in [6.45, 7) is 6.59. The van der Waals surface area contributed by atoms with Crippen LogP contribution in [0.1, 0.15) is 56.6 Å². The fourth-order valence-corrected chi connectivity index (χ4v) is 6.27. The third-order valence-corrected chi connectivity index (χ3v) is 7.95. The van der Waals surface area contributed by atoms with Gasteiger partial charge in [-0.3, -0.25) is 14.7 Å². The van der Waals surface area contributed by atoms with E-state index < -0.39 is 5.54 Å². The van der Waals surface area contributed by atoms with Crippen LogP contribution in [0.15, 0.2) is 28.9 Å². The molecule has 1 aromatic carbocycles. The molecule has 0 N–H and O–H groups in total. The summed E-state index contributed by atoms with van der Waals surface area (Å²) in [7, 11) is 3.32. The molecule has 2 unspecified atom stereocenters. The van der Waals surface area contributed by atoms with Crippen molar-refractivity contribution in [3.8, 4) is 11.5 Å². The first kappa shape index (κ1) is 22.7. The van der Waals surface area contributed by atoms with Crippen LogP contribution in [0.5, 0.6) is 11.5 Å². The molecule has 4 aliphatic heterocycles. The molecule has 34 heavy (non-hydrogen) atoms. The number of fused-ring (bicyclic) bond motifs is 3. The van der Waals surface area contributed by atoms with Crippen LogP contribution in [-0.2, 0) is 11.3 Å². The van der Waals surface area contributed by atoms with Crippen molar-refractivity contribution in [2.45, 2.75) is 63.6 Å². The Morgan fingerprint density at radius 2 is 1.97 bits per heavy atom. The number of allylic oxidation sites excluding steroid dienone is 1. The summed E-state index contributed by atoms with van der Waals surface area (Å²) in [5, 5.41) is 0. The molecule has 3 amide bonds. The number of piperidine rings is 1. The van der Waals surface area contributed by atoms with Gasteiger partial charge < -0.3 is 19.3 Å². The van der Waals surface area contributed by atoms with Crippen molar-refractivity contribution in [1.82, 2.24) is 14.7 Å². The van der Waals surface area contributed by atoms with Gasteiger partial charge in [-0.05, 0) is 50.5 Å². The number of nitrogens with zero attached hydrogens (tertiary/aromatic N) is 4. The molecule has 0 bridgehead atoms. The number of methoxy groups -OCH3 is 2. The SMILES string of the molecule is CCN1C(=O)N2Cc3cc(OC)cc(OC)c3C(C)C=C2C12CCN(C(=O)C1CCC=N1)CC2. The average Bonchev–Trinajstić information content (AvgIpc) is 3.42. The Hall–Kier alpha value is -3.03. The van der Waals surface area contributed by atoms with Crippen LogP contribution >= 0.6 is 0 Å². The summed E-state index contributed by atoms with van der Waals surface area (Å²) < 4.78 is 11.2. The van der Waals surface area contributed by atoms with Gasteiger partial charge in [0.25, 0.3) is 0 Å². The third-order valence-electron chi connectivity index (χ3n) is 7.95. The zero-order valence-corrected chi connectivity index (χ0v) is 20.5. The fraction of sp³-hybridized carbons (Fsp3) is 0.577. The average molecular weight is 467 g/mol. The normalized spacial score (nSPS) is 25.2. The number of carbonyl (C=O) groups excluding carboxylic acids is 2. The van der Waals surface area contributed by atoms with Crippen LogP contribution in [-0.4, -0.2) is 78.3 Å². The molecule has 2 saturated heterocycles. The molecule has 0 saturated carbocycles. The van der Waals surface area contributed by atoms with E-state index in [-0.39, 0.29) is 23.9 Å². The van der Waals surface area contributed by atoms with Gasteiger partial charge in [0.05, 0.1) is 26.3 Å². The van der Waals surface area contributed by atoms with E-state index in [2.05, 4.69) is 18.0 Å². The van der Waals surface area contributed by atoms with Crippen LogP contribution in [0.3, 0.4) is 0 Å². The molecule has 8 nitrogen and oxygen atoms in total. The van der Waals surface area contributed by atoms with E-state index in [0.29, 0.717) is 26.2 Å². The van der Waals surface area contributed by atoms with Gasteiger partial charge in [0.2, 0.25) is 5.91 Å². The lowest BCUT2D eigenvalue weighted by Gasteiger charge is -2.44. The highest BCUT2D eigenvalue weighted by Gasteiger charge is 2.55. The Balaban J connectivity index is 1.49. The van der Waals surface area contributed by atoms with Crippen molar-refractivity contribution in [2.24, 2.45) is 4.99 Å². The molecular formula is C26H34N4O4. The first-order chi connectivity index (χ1) is 16.4. The number of carbonyl (C=O) groups is 2. The zero-order chi connectivity index (χ0) is 24.0. The van der Waals surface area contributed by atoms with Crippen LogP contribution in [0.2, 0.25) is 0 Å². The number of likely N-dealkylation sites (tertiary alicyclic amines) is 1. The highest BCUT2D eigenvalue weighted by Crippen LogP contribution is 2.49. The van der Waals surface area contributed by atoms with Crippen molar-refractivity contribution in [3.63, 3.8) is 0 Å². The van der Waals surface area contributed by atoms with Gasteiger partial charge in [0.1, 0.15) is 17.5 Å². The maximum absolute atomic E-state index is 13.7. The number of aliphatic imine (C=N–C) groups is 1. The number of ether oxygens (including phenoxy) is 2. The molecule has 0 radical (unpaired) electrons. The lowest BCUT2D eigenvalue weighted by atomic mass is 9.82. The largest absolute Gasteiger partial charge is 0.497 e. The van der Waals surface area contributed by atoms with Crippen LogP contribution < -0.4 is 9.47 Å². The molecule has 2 atom stereocenters. The summed E-state index contributed by atoms with van der Waals surface area (Å²) >= 11 is 0. The van der Waals surface area contributed by atoms with Crippen molar-refractivity contribution < 1.29 is 19.1 Å². The fourth-order valence-electron chi connectivity index (χ4n) is 6.27. The lowest BCUT2D eigenvalue weighted by Crippen LogP contribution is -2.55. The first-order valence-electron chi connectivity index (χ1n) is 12.3. The Morgan fingerprint density at radius 1 is 1.21 bits per heavy atom. The van der Waals surface area contributed by atoms with Gasteiger partial charge >= 0.3 is 6.03 Å². The summed E-state index contributed by atoms with van der Waals surface area (Å²) in [5.41, 5.74) is 2.82. The molecule has 8 heteroatoms. The Bertz CT molecular complexity index is 1060. The monoisotopic (exact) mass is 466 g/mol. The quantitative estimate of drug-likeness (QED) is 0.680. The van der Waals surface area contributed by atoms with Crippen molar-refractivity contribution in [3.05, 3.63) is 35.0 Å². The predicted octanol–water partition coefficient (Wildman–Crippen LogP) is 3.56. The minimum Gasteiger partial charge on any atom is -0.497 e. The standard InChI is InChI=1S/C26H34N4O4/c1-5-30-25(32)29-16-18-14-19(33-3)15-21(34-4)23(18)17(2)13-22(29)26(30)8-11-28(12-9-26)24(31)20-7-6-10-27-20/h10,13-15,17,20H,5-9,11-12,16H2,1-4H3. The highest BCUT2D eigenvalue weighted by molar-refractivity contribution is 5.86. The van der Waals surface area contributed by atoms with Gasteiger partial charge in [-0.25, -0.2) is 4.79 Å². The molecular weight excluding hydrogens is 432 g/mol. The van der Waals surface area contributed by atoms with E-state index in [4.69, 9.17) is 9.47 Å². The minimum atomic E-state index is -0.394. The van der Waals surface area contributed by atoms with Crippen molar-refractivity contribution in [1.29, 1.82) is 0 Å². The molecule has 4 heterocycles. The number of hydrogen-bond donors (Lipinski definition) is 0. The van der Waals surface area contributed by atoms with Gasteiger partial charge in [-0.1, -0.05) is 13.0 Å². The summed E-state index contributed by atoms with van der Waals surface area (Å²) in [5.74, 6) is 1.71. The van der Waals surface area contributed by atoms with Gasteiger partial charge in [-0.2, -0.15) is 0 Å². The maximum Gasteiger partial charge on any atom is 0.325 e. The molecule has 0 aliphatic carbocycles. The zero-order valence-electron chi connectivity index (χ0n) is 20.5. The van der Waals surface area contributed by atoms with E-state index in [1.54, 1.807) is 14.2 Å². The summed E-state index contributed by atoms with van der Waals surface area (Å²) in [6.07, 6.45) is 7.26. The summed E-state index contributed by atoms with van der Waals surface area (Å²) in [6, 6.07) is 3.74. The second-order valence-electron chi connectivity index (χ2n) is 9.64. The molecule has 5 rings (SSSR count). The van der Waals surface area contributed by atoms with Gasteiger partial charge in [-0.15, -0.1) is 0 Å². The van der Waals surface area contributed by atoms with E-state index in [1.807, 2.05) is 40.0 Å². The number of amides is 3. The number of likely N-dealkylation sites (N-methyl/N-ethyl adjacent to an activating group) is 1.